The minimum absolute atomic E-state index is 0.0178. The van der Waals surface area contributed by atoms with Crippen LogP contribution in [0.2, 0.25) is 0 Å². The van der Waals surface area contributed by atoms with Crippen molar-refractivity contribution in [3.63, 3.8) is 0 Å². The van der Waals surface area contributed by atoms with E-state index in [-0.39, 0.29) is 11.5 Å². The van der Waals surface area contributed by atoms with Gasteiger partial charge in [0.2, 0.25) is 5.91 Å². The van der Waals surface area contributed by atoms with Crippen LogP contribution in [-0.2, 0) is 23.4 Å². The molecule has 0 saturated heterocycles. The van der Waals surface area contributed by atoms with Crippen LogP contribution in [0.15, 0.2) is 4.79 Å². The topological polar surface area (TPSA) is 66.1 Å². The van der Waals surface area contributed by atoms with E-state index in [2.05, 4.69) is 16.9 Å². The van der Waals surface area contributed by atoms with Gasteiger partial charge in [-0.3, -0.25) is 9.59 Å². The Balaban J connectivity index is 1.41. The molecule has 0 bridgehead atoms. The van der Waals surface area contributed by atoms with Crippen LogP contribution < -0.4 is 5.56 Å². The molecule has 7 heteroatoms. The third-order valence-electron chi connectivity index (χ3n) is 5.65. The van der Waals surface area contributed by atoms with E-state index in [9.17, 15) is 9.59 Å². The summed E-state index contributed by atoms with van der Waals surface area (Å²) >= 11 is 3.20. The van der Waals surface area contributed by atoms with Gasteiger partial charge in [0.05, 0.1) is 16.9 Å². The molecule has 2 aliphatic carbocycles. The van der Waals surface area contributed by atoms with Crippen molar-refractivity contribution in [2.75, 3.05) is 12.8 Å². The van der Waals surface area contributed by atoms with E-state index in [1.807, 2.05) is 11.9 Å². The summed E-state index contributed by atoms with van der Waals surface area (Å²) in [6.45, 7) is 2.13. The number of carbonyl (C=O) groups is 1. The Morgan fingerprint density at radius 3 is 2.92 bits per heavy atom. The van der Waals surface area contributed by atoms with Crippen LogP contribution in [0.5, 0.6) is 0 Å². The second-order valence-electron chi connectivity index (χ2n) is 7.48. The molecule has 1 fully saturated rings. The second-order valence-corrected chi connectivity index (χ2v) is 9.55. The number of aromatic amines is 1. The highest BCUT2D eigenvalue weighted by Crippen LogP contribution is 2.35. The smallest absolute Gasteiger partial charge is 0.259 e. The normalized spacial score (nSPS) is 17.9. The molecule has 0 radical (unpaired) electrons. The van der Waals surface area contributed by atoms with E-state index in [1.165, 1.54) is 41.5 Å². The molecule has 1 amide bonds. The molecule has 26 heavy (non-hydrogen) atoms. The van der Waals surface area contributed by atoms with Crippen LogP contribution in [0.1, 0.15) is 48.9 Å². The van der Waals surface area contributed by atoms with Gasteiger partial charge in [-0.2, -0.15) is 0 Å². The largest absolute Gasteiger partial charge is 0.342 e. The number of fused-ring (bicyclic) bond motifs is 3. The molecule has 1 unspecified atom stereocenters. The van der Waals surface area contributed by atoms with Crippen molar-refractivity contribution < 1.29 is 4.79 Å². The Bertz CT molecular complexity index is 885. The van der Waals surface area contributed by atoms with Crippen molar-refractivity contribution in [2.45, 2.75) is 57.2 Å². The molecule has 1 atom stereocenters. The number of nitrogens with one attached hydrogen (secondary N) is 1. The van der Waals surface area contributed by atoms with Crippen molar-refractivity contribution >= 4 is 39.2 Å². The molecule has 2 aromatic rings. The number of rotatable bonds is 6. The fourth-order valence-electron chi connectivity index (χ4n) is 3.74. The van der Waals surface area contributed by atoms with Gasteiger partial charge >= 0.3 is 0 Å². The quantitative estimate of drug-likeness (QED) is 0.820. The second kappa shape index (κ2) is 7.35. The summed E-state index contributed by atoms with van der Waals surface area (Å²) in [5.74, 6) is 2.50. The Kier molecular flexibility index (Phi) is 5.10. The average molecular weight is 392 g/mol. The van der Waals surface area contributed by atoms with Crippen LogP contribution in [0, 0.1) is 5.92 Å². The lowest BCUT2D eigenvalue weighted by atomic mass is 9.97. The van der Waals surface area contributed by atoms with Gasteiger partial charge in [0, 0.05) is 18.0 Å². The zero-order valence-electron chi connectivity index (χ0n) is 15.3. The van der Waals surface area contributed by atoms with Crippen LogP contribution in [0.25, 0.3) is 10.2 Å². The van der Waals surface area contributed by atoms with Gasteiger partial charge in [0.1, 0.15) is 10.7 Å². The van der Waals surface area contributed by atoms with Crippen molar-refractivity contribution in [1.82, 2.24) is 14.9 Å². The van der Waals surface area contributed by atoms with Gasteiger partial charge in [-0.25, -0.2) is 4.98 Å². The highest BCUT2D eigenvalue weighted by molar-refractivity contribution is 7.99. The van der Waals surface area contributed by atoms with Gasteiger partial charge in [0.25, 0.3) is 5.56 Å². The minimum Gasteiger partial charge on any atom is -0.342 e. The molecule has 2 heterocycles. The highest BCUT2D eigenvalue weighted by Gasteiger charge is 2.32. The monoisotopic (exact) mass is 391 g/mol. The Morgan fingerprint density at radius 1 is 1.38 bits per heavy atom. The van der Waals surface area contributed by atoms with E-state index < -0.39 is 0 Å². The maximum atomic E-state index is 12.5. The number of hydrogen-bond donors (Lipinski definition) is 1. The molecular formula is C19H25N3O2S2. The van der Waals surface area contributed by atoms with E-state index in [0.717, 1.165) is 29.5 Å². The van der Waals surface area contributed by atoms with Crippen LogP contribution in [0.4, 0.5) is 0 Å². The first kappa shape index (κ1) is 18.0. The van der Waals surface area contributed by atoms with Crippen molar-refractivity contribution in [2.24, 2.45) is 5.92 Å². The Labute approximate surface area is 161 Å². The van der Waals surface area contributed by atoms with Crippen molar-refractivity contribution in [3.8, 4) is 0 Å². The van der Waals surface area contributed by atoms with E-state index >= 15 is 0 Å². The summed E-state index contributed by atoms with van der Waals surface area (Å²) < 4.78 is 0. The first-order valence-electron chi connectivity index (χ1n) is 9.41. The number of aromatic nitrogens is 2. The average Bonchev–Trinajstić information content (AvgIpc) is 3.40. The molecule has 4 rings (SSSR count). The van der Waals surface area contributed by atoms with E-state index in [4.69, 9.17) is 0 Å². The standard InChI is InChI=1S/C19H25N3O2S2/c1-11(12-7-8-12)22(2)16(23)10-25-9-15-20-18(24)17-13-5-3-4-6-14(13)26-19(17)21-15/h11-12H,3-10H2,1-2H3,(H,20,21,24). The predicted molar refractivity (Wildman–Crippen MR) is 108 cm³/mol. The molecule has 2 aromatic heterocycles. The van der Waals surface area contributed by atoms with E-state index in [1.54, 1.807) is 11.3 Å². The van der Waals surface area contributed by atoms with Crippen LogP contribution >= 0.6 is 23.1 Å². The van der Waals surface area contributed by atoms with Gasteiger partial charge < -0.3 is 9.88 Å². The summed E-state index contributed by atoms with van der Waals surface area (Å²) in [6.07, 6.45) is 6.90. The number of amides is 1. The third kappa shape index (κ3) is 3.56. The number of nitrogens with zero attached hydrogens (tertiary/aromatic N) is 2. The third-order valence-corrected chi connectivity index (χ3v) is 7.76. The summed E-state index contributed by atoms with van der Waals surface area (Å²) in [5, 5.41) is 0.799. The number of thiophene rings is 1. The summed E-state index contributed by atoms with van der Waals surface area (Å²) in [7, 11) is 1.90. The maximum Gasteiger partial charge on any atom is 0.259 e. The fourth-order valence-corrected chi connectivity index (χ4v) is 5.83. The molecule has 5 nitrogen and oxygen atoms in total. The zero-order valence-corrected chi connectivity index (χ0v) is 17.0. The molecule has 0 aliphatic heterocycles. The molecule has 1 N–H and O–H groups in total. The number of H-pyrrole nitrogens is 1. The summed E-state index contributed by atoms with van der Waals surface area (Å²) in [6, 6.07) is 0.329. The molecule has 140 valence electrons. The fraction of sp³-hybridized carbons (Fsp3) is 0.632. The molecule has 2 aliphatic rings. The van der Waals surface area contributed by atoms with Gasteiger partial charge in [-0.15, -0.1) is 23.1 Å². The number of carbonyl (C=O) groups excluding carboxylic acids is 1. The molecular weight excluding hydrogens is 366 g/mol. The first-order chi connectivity index (χ1) is 12.5. The van der Waals surface area contributed by atoms with E-state index in [0.29, 0.717) is 29.3 Å². The van der Waals surface area contributed by atoms with Crippen molar-refractivity contribution in [1.29, 1.82) is 0 Å². The lowest BCUT2D eigenvalue weighted by molar-refractivity contribution is -0.129. The van der Waals surface area contributed by atoms with Gasteiger partial charge in [-0.1, -0.05) is 0 Å². The SMILES string of the molecule is CC(C1CC1)N(C)C(=O)CSCc1nc2sc3c(c2c(=O)[nH]1)CCCC3. The highest BCUT2D eigenvalue weighted by atomic mass is 32.2. The Hall–Kier alpha value is -1.34. The van der Waals surface area contributed by atoms with Gasteiger partial charge in [0.15, 0.2) is 0 Å². The lowest BCUT2D eigenvalue weighted by Gasteiger charge is -2.24. The Morgan fingerprint density at radius 2 is 2.15 bits per heavy atom. The van der Waals surface area contributed by atoms with Crippen LogP contribution in [-0.4, -0.2) is 39.6 Å². The van der Waals surface area contributed by atoms with Crippen LogP contribution in [0.3, 0.4) is 0 Å². The molecule has 0 aromatic carbocycles. The van der Waals surface area contributed by atoms with Gasteiger partial charge in [-0.05, 0) is 56.9 Å². The maximum absolute atomic E-state index is 12.5. The minimum atomic E-state index is -0.0178. The lowest BCUT2D eigenvalue weighted by Crippen LogP contribution is -2.37. The number of thioether (sulfide) groups is 1. The number of aryl methyl sites for hydroxylation is 2. The first-order valence-corrected chi connectivity index (χ1v) is 11.4. The summed E-state index contributed by atoms with van der Waals surface area (Å²) in [5.41, 5.74) is 1.20. The number of hydrogen-bond acceptors (Lipinski definition) is 5. The zero-order chi connectivity index (χ0) is 18.3. The molecule has 1 saturated carbocycles. The molecule has 0 spiro atoms. The predicted octanol–water partition coefficient (Wildman–Crippen LogP) is 3.35. The van der Waals surface area contributed by atoms with Crippen molar-refractivity contribution in [3.05, 3.63) is 26.6 Å². The summed E-state index contributed by atoms with van der Waals surface area (Å²) in [4.78, 5) is 36.5.